The Hall–Kier alpha value is -1.00. The van der Waals surface area contributed by atoms with Gasteiger partial charge in [-0.2, -0.15) is 0 Å². The fourth-order valence-corrected chi connectivity index (χ4v) is 1.98. The van der Waals surface area contributed by atoms with E-state index >= 15 is 0 Å². The molecule has 0 radical (unpaired) electrons. The molecule has 0 spiro atoms. The first-order chi connectivity index (χ1) is 7.95. The molecule has 1 aliphatic rings. The van der Waals surface area contributed by atoms with E-state index in [0.717, 1.165) is 25.3 Å². The summed E-state index contributed by atoms with van der Waals surface area (Å²) in [5.41, 5.74) is 0.902. The number of nitrogens with zero attached hydrogens (tertiary/aromatic N) is 2. The summed E-state index contributed by atoms with van der Waals surface area (Å²) in [6.07, 6.45) is 10.2. The van der Waals surface area contributed by atoms with Gasteiger partial charge < -0.3 is 10.1 Å². The Morgan fingerprint density at radius 3 is 3.12 bits per heavy atom. The van der Waals surface area contributed by atoms with Gasteiger partial charge in [0.2, 0.25) is 0 Å². The van der Waals surface area contributed by atoms with Crippen molar-refractivity contribution >= 4 is 0 Å². The molecule has 0 unspecified atom stereocenters. The molecule has 0 aromatic carbocycles. The molecule has 1 fully saturated rings. The van der Waals surface area contributed by atoms with E-state index < -0.39 is 0 Å². The number of aromatic nitrogens is 2. The Balaban J connectivity index is 1.58. The largest absolute Gasteiger partial charge is 0.375 e. The van der Waals surface area contributed by atoms with Crippen LogP contribution in [0.1, 0.15) is 31.4 Å². The molecule has 1 N–H and O–H groups in total. The van der Waals surface area contributed by atoms with Crippen LogP contribution in [0, 0.1) is 0 Å². The topological polar surface area (TPSA) is 47.0 Å². The molecule has 0 bridgehead atoms. The summed E-state index contributed by atoms with van der Waals surface area (Å²) in [6, 6.07) is 0.649. The van der Waals surface area contributed by atoms with E-state index in [4.69, 9.17) is 4.74 Å². The number of nitrogens with one attached hydrogen (secondary N) is 1. The first-order valence-corrected chi connectivity index (χ1v) is 6.01. The van der Waals surface area contributed by atoms with Crippen LogP contribution < -0.4 is 5.32 Å². The fraction of sp³-hybridized carbons (Fsp3) is 0.667. The van der Waals surface area contributed by atoms with Crippen molar-refractivity contribution in [3.63, 3.8) is 0 Å². The lowest BCUT2D eigenvalue weighted by Crippen LogP contribution is -2.34. The molecule has 1 aromatic heterocycles. The van der Waals surface area contributed by atoms with E-state index in [1.807, 2.05) is 0 Å². The minimum absolute atomic E-state index is 0.570. The molecular weight excluding hydrogens is 202 g/mol. The summed E-state index contributed by atoms with van der Waals surface area (Å²) in [4.78, 5) is 8.16. The highest BCUT2D eigenvalue weighted by Crippen LogP contribution is 2.10. The number of hydrogen-bond donors (Lipinski definition) is 1. The average Bonchev–Trinajstić information content (AvgIpc) is 2.37. The number of ether oxygens (including phenoxy) is 1. The van der Waals surface area contributed by atoms with Crippen LogP contribution in [-0.4, -0.2) is 29.2 Å². The van der Waals surface area contributed by atoms with Crippen LogP contribution in [0.2, 0.25) is 0 Å². The Morgan fingerprint density at radius 1 is 1.38 bits per heavy atom. The highest BCUT2D eigenvalue weighted by molar-refractivity contribution is 4.91. The van der Waals surface area contributed by atoms with Crippen LogP contribution in [0.15, 0.2) is 18.6 Å². The van der Waals surface area contributed by atoms with E-state index in [2.05, 4.69) is 15.3 Å². The van der Waals surface area contributed by atoms with Gasteiger partial charge >= 0.3 is 0 Å². The zero-order valence-electron chi connectivity index (χ0n) is 9.56. The van der Waals surface area contributed by atoms with Crippen LogP contribution in [0.4, 0.5) is 0 Å². The predicted molar refractivity (Wildman–Crippen MR) is 61.9 cm³/mol. The quantitative estimate of drug-likeness (QED) is 0.766. The van der Waals surface area contributed by atoms with Crippen LogP contribution >= 0.6 is 0 Å². The van der Waals surface area contributed by atoms with E-state index in [1.54, 1.807) is 18.6 Å². The zero-order valence-corrected chi connectivity index (χ0v) is 9.56. The molecule has 2 heterocycles. The minimum Gasteiger partial charge on any atom is -0.375 e. The van der Waals surface area contributed by atoms with Crippen LogP contribution in [-0.2, 0) is 11.3 Å². The molecule has 0 saturated carbocycles. The lowest BCUT2D eigenvalue weighted by atomic mass is 10.0. The van der Waals surface area contributed by atoms with E-state index in [0.29, 0.717) is 12.6 Å². The van der Waals surface area contributed by atoms with Gasteiger partial charge in [0.05, 0.1) is 18.5 Å². The number of hydrogen-bond acceptors (Lipinski definition) is 4. The first-order valence-electron chi connectivity index (χ1n) is 6.01. The number of rotatable bonds is 5. The summed E-state index contributed by atoms with van der Waals surface area (Å²) >= 11 is 0. The molecule has 4 heteroatoms. The average molecular weight is 221 g/mol. The second kappa shape index (κ2) is 6.55. The summed E-state index contributed by atoms with van der Waals surface area (Å²) in [5.74, 6) is 0. The van der Waals surface area contributed by atoms with Crippen molar-refractivity contribution in [3.8, 4) is 0 Å². The second-order valence-corrected chi connectivity index (χ2v) is 4.18. The van der Waals surface area contributed by atoms with Crippen molar-refractivity contribution in [2.45, 2.75) is 38.3 Å². The van der Waals surface area contributed by atoms with Crippen LogP contribution in [0.25, 0.3) is 0 Å². The molecule has 1 aromatic rings. The van der Waals surface area contributed by atoms with Crippen molar-refractivity contribution in [2.24, 2.45) is 0 Å². The molecule has 1 saturated heterocycles. The third-order valence-corrected chi connectivity index (χ3v) is 2.89. The van der Waals surface area contributed by atoms with Gasteiger partial charge in [-0.15, -0.1) is 0 Å². The van der Waals surface area contributed by atoms with Gasteiger partial charge in [0.15, 0.2) is 0 Å². The number of piperidine rings is 1. The minimum atomic E-state index is 0.570. The highest BCUT2D eigenvalue weighted by atomic mass is 16.5. The van der Waals surface area contributed by atoms with Crippen LogP contribution in [0.5, 0.6) is 0 Å². The van der Waals surface area contributed by atoms with Gasteiger partial charge in [-0.1, -0.05) is 6.42 Å². The molecule has 2 rings (SSSR count). The summed E-state index contributed by atoms with van der Waals surface area (Å²) in [5, 5.41) is 3.51. The maximum absolute atomic E-state index is 5.58. The van der Waals surface area contributed by atoms with E-state index in [9.17, 15) is 0 Å². The predicted octanol–water partition coefficient (Wildman–Crippen LogP) is 1.53. The molecule has 1 atom stereocenters. The fourth-order valence-electron chi connectivity index (χ4n) is 1.98. The van der Waals surface area contributed by atoms with Gasteiger partial charge in [0.25, 0.3) is 0 Å². The van der Waals surface area contributed by atoms with E-state index in [-0.39, 0.29) is 0 Å². The standard InChI is InChI=1S/C12H19N3O/c1-2-5-14-11(3-1)4-8-16-10-12-9-13-6-7-15-12/h6-7,9,11,14H,1-5,8,10H2/t11-/m1/s1. The van der Waals surface area contributed by atoms with E-state index in [1.165, 1.54) is 19.3 Å². The van der Waals surface area contributed by atoms with Gasteiger partial charge in [0, 0.05) is 25.0 Å². The van der Waals surface area contributed by atoms with Crippen molar-refractivity contribution < 1.29 is 4.74 Å². The van der Waals surface area contributed by atoms with Crippen molar-refractivity contribution in [2.75, 3.05) is 13.2 Å². The maximum Gasteiger partial charge on any atom is 0.0903 e. The molecule has 88 valence electrons. The second-order valence-electron chi connectivity index (χ2n) is 4.18. The summed E-state index contributed by atoms with van der Waals surface area (Å²) < 4.78 is 5.58. The van der Waals surface area contributed by atoms with Gasteiger partial charge in [-0.05, 0) is 25.8 Å². The maximum atomic E-state index is 5.58. The molecule has 16 heavy (non-hydrogen) atoms. The third kappa shape index (κ3) is 3.87. The molecular formula is C12H19N3O. The van der Waals surface area contributed by atoms with Gasteiger partial charge in [0.1, 0.15) is 0 Å². The third-order valence-electron chi connectivity index (χ3n) is 2.89. The highest BCUT2D eigenvalue weighted by Gasteiger charge is 2.11. The Morgan fingerprint density at radius 2 is 2.38 bits per heavy atom. The lowest BCUT2D eigenvalue weighted by molar-refractivity contribution is 0.106. The lowest BCUT2D eigenvalue weighted by Gasteiger charge is -2.23. The first kappa shape index (κ1) is 11.5. The zero-order chi connectivity index (χ0) is 11.1. The summed E-state index contributed by atoms with van der Waals surface area (Å²) in [6.45, 7) is 2.53. The van der Waals surface area contributed by atoms with Crippen molar-refractivity contribution in [3.05, 3.63) is 24.3 Å². The Kier molecular flexibility index (Phi) is 4.70. The molecule has 4 nitrogen and oxygen atoms in total. The Bertz CT molecular complexity index is 286. The molecule has 1 aliphatic heterocycles. The van der Waals surface area contributed by atoms with Crippen molar-refractivity contribution in [1.82, 2.24) is 15.3 Å². The monoisotopic (exact) mass is 221 g/mol. The van der Waals surface area contributed by atoms with Crippen molar-refractivity contribution in [1.29, 1.82) is 0 Å². The molecule has 0 aliphatic carbocycles. The van der Waals surface area contributed by atoms with Gasteiger partial charge in [-0.3, -0.25) is 9.97 Å². The summed E-state index contributed by atoms with van der Waals surface area (Å²) in [7, 11) is 0. The normalized spacial score (nSPS) is 20.9. The molecule has 0 amide bonds. The smallest absolute Gasteiger partial charge is 0.0903 e. The van der Waals surface area contributed by atoms with Crippen LogP contribution in [0.3, 0.4) is 0 Å². The van der Waals surface area contributed by atoms with Gasteiger partial charge in [-0.25, -0.2) is 0 Å². The SMILES string of the molecule is c1cnc(COCC[C@H]2CCCCN2)cn1. The Labute approximate surface area is 96.4 Å².